The molecule has 4 nitrogen and oxygen atoms in total. The molecule has 0 unspecified atom stereocenters. The molecule has 1 atom stereocenters. The molecule has 4 rings (SSSR count). The number of imidazole rings is 1. The summed E-state index contributed by atoms with van der Waals surface area (Å²) in [4.78, 5) is 22.2. The number of fused-ring (bicyclic) bond motifs is 1. The van der Waals surface area contributed by atoms with E-state index in [1.807, 2.05) is 24.3 Å². The van der Waals surface area contributed by atoms with Crippen LogP contribution in [0.2, 0.25) is 5.02 Å². The van der Waals surface area contributed by atoms with Gasteiger partial charge in [-0.05, 0) is 37.1 Å². The van der Waals surface area contributed by atoms with Crippen LogP contribution in [0.4, 0.5) is 8.78 Å². The first kappa shape index (κ1) is 16.0. The number of likely N-dealkylation sites (tertiary alicyclic amines) is 1. The van der Waals surface area contributed by atoms with Gasteiger partial charge in [-0.15, -0.1) is 0 Å². The first-order chi connectivity index (χ1) is 12.0. The van der Waals surface area contributed by atoms with Crippen LogP contribution in [-0.2, 0) is 0 Å². The Labute approximate surface area is 147 Å². The Kier molecular flexibility index (Phi) is 3.92. The fourth-order valence-electron chi connectivity index (χ4n) is 3.27. The normalized spacial score (nSPS) is 17.4. The highest BCUT2D eigenvalue weighted by molar-refractivity contribution is 6.33. The summed E-state index contributed by atoms with van der Waals surface area (Å²) in [5.74, 6) is -1.90. The average Bonchev–Trinajstić information content (AvgIpc) is 3.23. The molecular formula is C18H14ClF2N3O. The molecule has 0 aliphatic carbocycles. The van der Waals surface area contributed by atoms with Gasteiger partial charge in [0.1, 0.15) is 5.82 Å². The third kappa shape index (κ3) is 2.76. The average molecular weight is 362 g/mol. The van der Waals surface area contributed by atoms with Crippen molar-refractivity contribution in [1.82, 2.24) is 14.9 Å². The first-order valence-electron chi connectivity index (χ1n) is 7.95. The number of nitrogens with zero attached hydrogens (tertiary/aromatic N) is 2. The number of H-pyrrole nitrogens is 1. The highest BCUT2D eigenvalue weighted by Crippen LogP contribution is 2.34. The SMILES string of the molecule is O=C(c1cc(F)c(F)cc1Cl)N1CCC[C@H]1c1nc2ccccc2[nH]1. The number of hydrogen-bond acceptors (Lipinski definition) is 2. The van der Waals surface area contributed by atoms with Crippen LogP contribution in [0.15, 0.2) is 36.4 Å². The predicted molar refractivity (Wildman–Crippen MR) is 90.5 cm³/mol. The highest BCUT2D eigenvalue weighted by atomic mass is 35.5. The molecular weight excluding hydrogens is 348 g/mol. The number of carbonyl (C=O) groups is 1. The standard InChI is InChI=1S/C18H14ClF2N3O/c19-11-9-13(21)12(20)8-10(11)18(25)24-7-3-6-16(24)17-22-14-4-1-2-5-15(14)23-17/h1-2,4-5,8-9,16H,3,6-7H2,(H,22,23)/t16-/m0/s1. The Bertz CT molecular complexity index is 939. The zero-order valence-electron chi connectivity index (χ0n) is 13.1. The number of aromatic nitrogens is 2. The van der Waals surface area contributed by atoms with Crippen molar-refractivity contribution in [2.24, 2.45) is 0 Å². The summed E-state index contributed by atoms with van der Waals surface area (Å²) < 4.78 is 26.8. The van der Waals surface area contributed by atoms with Gasteiger partial charge < -0.3 is 9.88 Å². The molecule has 2 heterocycles. The van der Waals surface area contributed by atoms with E-state index in [9.17, 15) is 13.6 Å². The summed E-state index contributed by atoms with van der Waals surface area (Å²) in [5, 5.41) is -0.0980. The van der Waals surface area contributed by atoms with E-state index in [1.165, 1.54) is 0 Å². The van der Waals surface area contributed by atoms with Crippen LogP contribution in [0, 0.1) is 11.6 Å². The van der Waals surface area contributed by atoms with Gasteiger partial charge in [0, 0.05) is 6.54 Å². The third-order valence-corrected chi connectivity index (χ3v) is 4.79. The number of aromatic amines is 1. The smallest absolute Gasteiger partial charge is 0.256 e. The van der Waals surface area contributed by atoms with Gasteiger partial charge in [0.25, 0.3) is 5.91 Å². The lowest BCUT2D eigenvalue weighted by molar-refractivity contribution is 0.0730. The van der Waals surface area contributed by atoms with Gasteiger partial charge in [-0.3, -0.25) is 4.79 Å². The molecule has 0 bridgehead atoms. The molecule has 0 radical (unpaired) electrons. The molecule has 0 spiro atoms. The van der Waals surface area contributed by atoms with Crippen molar-refractivity contribution in [1.29, 1.82) is 0 Å². The van der Waals surface area contributed by atoms with Gasteiger partial charge in [-0.25, -0.2) is 13.8 Å². The Morgan fingerprint density at radius 3 is 2.80 bits per heavy atom. The molecule has 1 amide bonds. The van der Waals surface area contributed by atoms with Crippen LogP contribution in [0.3, 0.4) is 0 Å². The second kappa shape index (κ2) is 6.11. The summed E-state index contributed by atoms with van der Waals surface area (Å²) in [7, 11) is 0. The topological polar surface area (TPSA) is 49.0 Å². The van der Waals surface area contributed by atoms with Gasteiger partial charge in [0.15, 0.2) is 11.6 Å². The van der Waals surface area contributed by atoms with Crippen LogP contribution < -0.4 is 0 Å². The molecule has 1 aliphatic rings. The molecule has 25 heavy (non-hydrogen) atoms. The lowest BCUT2D eigenvalue weighted by atomic mass is 10.1. The fraction of sp³-hybridized carbons (Fsp3) is 0.222. The summed E-state index contributed by atoms with van der Waals surface area (Å²) in [6.07, 6.45) is 1.54. The molecule has 1 aromatic heterocycles. The van der Waals surface area contributed by atoms with Crippen LogP contribution >= 0.6 is 11.6 Å². The van der Waals surface area contributed by atoms with Crippen molar-refractivity contribution < 1.29 is 13.6 Å². The van der Waals surface area contributed by atoms with Crippen molar-refractivity contribution in [3.63, 3.8) is 0 Å². The molecule has 1 saturated heterocycles. The molecule has 128 valence electrons. The molecule has 1 aliphatic heterocycles. The largest absolute Gasteiger partial charge is 0.340 e. The Hall–Kier alpha value is -2.47. The zero-order chi connectivity index (χ0) is 17.6. The minimum Gasteiger partial charge on any atom is -0.340 e. The summed E-state index contributed by atoms with van der Waals surface area (Å²) in [6.45, 7) is 0.510. The van der Waals surface area contributed by atoms with Crippen molar-refractivity contribution in [3.05, 3.63) is 64.4 Å². The number of amides is 1. The highest BCUT2D eigenvalue weighted by Gasteiger charge is 2.33. The second-order valence-electron chi connectivity index (χ2n) is 6.04. The van der Waals surface area contributed by atoms with Crippen molar-refractivity contribution >= 4 is 28.5 Å². The van der Waals surface area contributed by atoms with Crippen LogP contribution in [0.5, 0.6) is 0 Å². The number of nitrogens with one attached hydrogen (secondary N) is 1. The monoisotopic (exact) mass is 361 g/mol. The van der Waals surface area contributed by atoms with Crippen molar-refractivity contribution in [2.45, 2.75) is 18.9 Å². The summed E-state index contributed by atoms with van der Waals surface area (Å²) in [5.41, 5.74) is 1.67. The number of carbonyl (C=O) groups excluding carboxylic acids is 1. The molecule has 1 N–H and O–H groups in total. The van der Waals surface area contributed by atoms with E-state index in [4.69, 9.17) is 11.6 Å². The van der Waals surface area contributed by atoms with Crippen LogP contribution in [-0.4, -0.2) is 27.3 Å². The quantitative estimate of drug-likeness (QED) is 0.684. The molecule has 3 aromatic rings. The predicted octanol–water partition coefficient (Wildman–Crippen LogP) is 4.47. The van der Waals surface area contributed by atoms with E-state index in [-0.39, 0.29) is 16.6 Å². The van der Waals surface area contributed by atoms with Gasteiger partial charge in [-0.1, -0.05) is 23.7 Å². The number of halogens is 3. The minimum atomic E-state index is -1.09. The maximum absolute atomic E-state index is 13.5. The van der Waals surface area contributed by atoms with Gasteiger partial charge in [-0.2, -0.15) is 0 Å². The maximum atomic E-state index is 13.5. The van der Waals surface area contributed by atoms with Gasteiger partial charge in [0.2, 0.25) is 0 Å². The number of rotatable bonds is 2. The Balaban J connectivity index is 1.69. The second-order valence-corrected chi connectivity index (χ2v) is 6.45. The van der Waals surface area contributed by atoms with Crippen LogP contribution in [0.25, 0.3) is 11.0 Å². The van der Waals surface area contributed by atoms with Gasteiger partial charge >= 0.3 is 0 Å². The molecule has 7 heteroatoms. The summed E-state index contributed by atoms with van der Waals surface area (Å²) >= 11 is 5.96. The Morgan fingerprint density at radius 2 is 2.00 bits per heavy atom. The fourth-order valence-corrected chi connectivity index (χ4v) is 3.50. The number of hydrogen-bond donors (Lipinski definition) is 1. The first-order valence-corrected chi connectivity index (χ1v) is 8.32. The Morgan fingerprint density at radius 1 is 1.24 bits per heavy atom. The molecule has 1 fully saturated rings. The third-order valence-electron chi connectivity index (χ3n) is 4.48. The van der Waals surface area contributed by atoms with Crippen LogP contribution in [0.1, 0.15) is 35.1 Å². The molecule has 2 aromatic carbocycles. The van der Waals surface area contributed by atoms with E-state index in [1.54, 1.807) is 4.90 Å². The van der Waals surface area contributed by atoms with E-state index in [0.29, 0.717) is 12.4 Å². The van der Waals surface area contributed by atoms with E-state index in [0.717, 1.165) is 36.0 Å². The molecule has 0 saturated carbocycles. The maximum Gasteiger partial charge on any atom is 0.256 e. The lowest BCUT2D eigenvalue weighted by Gasteiger charge is -2.23. The van der Waals surface area contributed by atoms with Crippen molar-refractivity contribution in [3.8, 4) is 0 Å². The van der Waals surface area contributed by atoms with Gasteiger partial charge in [0.05, 0.1) is 27.7 Å². The van der Waals surface area contributed by atoms with E-state index >= 15 is 0 Å². The lowest BCUT2D eigenvalue weighted by Crippen LogP contribution is -2.31. The zero-order valence-corrected chi connectivity index (χ0v) is 13.9. The summed E-state index contributed by atoms with van der Waals surface area (Å²) in [6, 6.07) is 9.05. The number of para-hydroxylation sites is 2. The number of benzene rings is 2. The minimum absolute atomic E-state index is 0.0384. The van der Waals surface area contributed by atoms with E-state index < -0.39 is 17.5 Å². The van der Waals surface area contributed by atoms with Crippen molar-refractivity contribution in [2.75, 3.05) is 6.54 Å². The van der Waals surface area contributed by atoms with E-state index in [2.05, 4.69) is 9.97 Å².